The number of amides is 3. The Hall–Kier alpha value is -3.10. The van der Waals surface area contributed by atoms with Gasteiger partial charge in [0.05, 0.1) is 34.0 Å². The Morgan fingerprint density at radius 2 is 1.80 bits per heavy atom. The molecule has 2 aliphatic heterocycles. The third-order valence-electron chi connectivity index (χ3n) is 5.40. The van der Waals surface area contributed by atoms with Gasteiger partial charge in [-0.2, -0.15) is 0 Å². The van der Waals surface area contributed by atoms with Crippen LogP contribution in [-0.4, -0.2) is 53.4 Å². The molecular formula is C22H19N3O4S. The fourth-order valence-corrected chi connectivity index (χ4v) is 4.85. The van der Waals surface area contributed by atoms with Crippen LogP contribution < -0.4 is 4.90 Å². The van der Waals surface area contributed by atoms with E-state index < -0.39 is 11.8 Å². The van der Waals surface area contributed by atoms with Crippen molar-refractivity contribution in [2.45, 2.75) is 18.9 Å². The first-order valence-electron chi connectivity index (χ1n) is 9.84. The monoisotopic (exact) mass is 421 g/mol. The van der Waals surface area contributed by atoms with Crippen molar-refractivity contribution in [1.82, 2.24) is 9.88 Å². The van der Waals surface area contributed by atoms with Gasteiger partial charge in [0.2, 0.25) is 5.91 Å². The smallest absolute Gasteiger partial charge is 0.262 e. The molecule has 8 heteroatoms. The second-order valence-corrected chi connectivity index (χ2v) is 8.35. The van der Waals surface area contributed by atoms with Crippen molar-refractivity contribution >= 4 is 44.4 Å². The number of hydrogen-bond donors (Lipinski definition) is 0. The van der Waals surface area contributed by atoms with Gasteiger partial charge in [0.25, 0.3) is 11.8 Å². The first-order valence-corrected chi connectivity index (χ1v) is 10.7. The summed E-state index contributed by atoms with van der Waals surface area (Å²) in [7, 11) is 0. The molecule has 1 saturated heterocycles. The lowest BCUT2D eigenvalue weighted by Gasteiger charge is -2.25. The van der Waals surface area contributed by atoms with Gasteiger partial charge in [0.15, 0.2) is 5.13 Å². The summed E-state index contributed by atoms with van der Waals surface area (Å²) in [6.45, 7) is 0.696. The predicted octanol–water partition coefficient (Wildman–Crippen LogP) is 3.10. The van der Waals surface area contributed by atoms with Gasteiger partial charge in [-0.3, -0.25) is 24.2 Å². The summed E-state index contributed by atoms with van der Waals surface area (Å²) in [6.07, 6.45) is 1.73. The predicted molar refractivity (Wildman–Crippen MR) is 113 cm³/mol. The molecule has 152 valence electrons. The molecule has 0 radical (unpaired) electrons. The molecule has 0 bridgehead atoms. The van der Waals surface area contributed by atoms with Gasteiger partial charge in [-0.05, 0) is 37.1 Å². The first kappa shape index (κ1) is 18.9. The molecule has 1 atom stereocenters. The Balaban J connectivity index is 1.43. The highest BCUT2D eigenvalue weighted by Crippen LogP contribution is 2.30. The van der Waals surface area contributed by atoms with Crippen molar-refractivity contribution in [3.63, 3.8) is 0 Å². The summed E-state index contributed by atoms with van der Waals surface area (Å²) < 4.78 is 6.70. The van der Waals surface area contributed by atoms with Gasteiger partial charge in [-0.25, -0.2) is 4.98 Å². The number of benzene rings is 2. The molecule has 0 unspecified atom stereocenters. The van der Waals surface area contributed by atoms with Crippen LogP contribution in [-0.2, 0) is 9.53 Å². The number of ether oxygens (including phenoxy) is 1. The van der Waals surface area contributed by atoms with E-state index >= 15 is 0 Å². The average molecular weight is 421 g/mol. The van der Waals surface area contributed by atoms with Crippen LogP contribution >= 0.6 is 11.3 Å². The topological polar surface area (TPSA) is 79.8 Å². The number of rotatable bonds is 5. The van der Waals surface area contributed by atoms with Crippen LogP contribution in [0, 0.1) is 0 Å². The molecule has 1 aromatic heterocycles. The average Bonchev–Trinajstić information content (AvgIpc) is 3.48. The molecular weight excluding hydrogens is 402 g/mol. The van der Waals surface area contributed by atoms with E-state index in [2.05, 4.69) is 4.98 Å². The van der Waals surface area contributed by atoms with E-state index in [-0.39, 0.29) is 18.6 Å². The van der Waals surface area contributed by atoms with Crippen molar-refractivity contribution in [1.29, 1.82) is 0 Å². The molecule has 1 fully saturated rings. The maximum atomic E-state index is 13.3. The van der Waals surface area contributed by atoms with Crippen molar-refractivity contribution in [2.75, 3.05) is 24.6 Å². The largest absolute Gasteiger partial charge is 0.376 e. The van der Waals surface area contributed by atoms with E-state index in [9.17, 15) is 14.4 Å². The number of carbonyl (C=O) groups is 3. The maximum absolute atomic E-state index is 13.3. The minimum atomic E-state index is -0.440. The van der Waals surface area contributed by atoms with Crippen molar-refractivity contribution < 1.29 is 19.1 Å². The fourth-order valence-electron chi connectivity index (χ4n) is 3.86. The minimum absolute atomic E-state index is 0.0804. The Bertz CT molecular complexity index is 1080. The Morgan fingerprint density at radius 1 is 1.10 bits per heavy atom. The molecule has 2 aliphatic rings. The molecule has 0 N–H and O–H groups in total. The molecule has 0 aliphatic carbocycles. The van der Waals surface area contributed by atoms with Crippen molar-refractivity contribution in [3.8, 4) is 0 Å². The highest BCUT2D eigenvalue weighted by Gasteiger charge is 2.38. The zero-order valence-electron chi connectivity index (χ0n) is 16.1. The van der Waals surface area contributed by atoms with Crippen LogP contribution in [0.5, 0.6) is 0 Å². The van der Waals surface area contributed by atoms with Gasteiger partial charge in [0.1, 0.15) is 6.54 Å². The lowest BCUT2D eigenvalue weighted by Crippen LogP contribution is -2.45. The number of fused-ring (bicyclic) bond motifs is 2. The molecule has 3 amide bonds. The van der Waals surface area contributed by atoms with Crippen LogP contribution in [0.3, 0.4) is 0 Å². The standard InChI is InChI=1S/C22H19N3O4S/c26-19(13-25-20(27)15-7-1-2-8-16(15)21(25)28)24(12-14-6-5-11-29-14)22-23-17-9-3-4-10-18(17)30-22/h1-4,7-10,14H,5-6,11-13H2/t14-/m1/s1. The van der Waals surface area contributed by atoms with Gasteiger partial charge >= 0.3 is 0 Å². The van der Waals surface area contributed by atoms with E-state index in [1.165, 1.54) is 11.3 Å². The van der Waals surface area contributed by atoms with Gasteiger partial charge in [-0.1, -0.05) is 35.6 Å². The molecule has 0 spiro atoms. The summed E-state index contributed by atoms with van der Waals surface area (Å²) in [5.41, 5.74) is 1.48. The van der Waals surface area contributed by atoms with E-state index in [0.717, 1.165) is 28.0 Å². The minimum Gasteiger partial charge on any atom is -0.376 e. The second kappa shape index (κ2) is 7.62. The molecule has 30 heavy (non-hydrogen) atoms. The number of thiazole rings is 1. The van der Waals surface area contributed by atoms with E-state index in [0.29, 0.717) is 29.4 Å². The summed E-state index contributed by atoms with van der Waals surface area (Å²) in [5.74, 6) is -1.23. The van der Waals surface area contributed by atoms with Crippen molar-refractivity contribution in [3.05, 3.63) is 59.7 Å². The zero-order chi connectivity index (χ0) is 20.7. The van der Waals surface area contributed by atoms with Gasteiger partial charge in [0, 0.05) is 6.61 Å². The Kier molecular flexibility index (Phi) is 4.80. The van der Waals surface area contributed by atoms with Crippen molar-refractivity contribution in [2.24, 2.45) is 0 Å². The molecule has 0 saturated carbocycles. The summed E-state index contributed by atoms with van der Waals surface area (Å²) >= 11 is 1.41. The van der Waals surface area contributed by atoms with Crippen LogP contribution in [0.15, 0.2) is 48.5 Å². The van der Waals surface area contributed by atoms with Gasteiger partial charge < -0.3 is 4.74 Å². The Morgan fingerprint density at radius 3 is 2.47 bits per heavy atom. The van der Waals surface area contributed by atoms with Crippen LogP contribution in [0.25, 0.3) is 10.2 Å². The highest BCUT2D eigenvalue weighted by atomic mass is 32.1. The number of nitrogens with zero attached hydrogens (tertiary/aromatic N) is 3. The third-order valence-corrected chi connectivity index (χ3v) is 6.46. The number of hydrogen-bond acceptors (Lipinski definition) is 6. The molecule has 3 heterocycles. The number of para-hydroxylation sites is 1. The second-order valence-electron chi connectivity index (χ2n) is 7.35. The SMILES string of the molecule is O=C1c2ccccc2C(=O)N1CC(=O)N(C[C@H]1CCCO1)c1nc2ccccc2s1. The zero-order valence-corrected chi connectivity index (χ0v) is 16.9. The van der Waals surface area contributed by atoms with Crippen LogP contribution in [0.1, 0.15) is 33.6 Å². The first-order chi connectivity index (χ1) is 14.6. The number of imide groups is 1. The van der Waals surface area contributed by atoms with Crippen LogP contribution in [0.2, 0.25) is 0 Å². The van der Waals surface area contributed by atoms with E-state index in [4.69, 9.17) is 4.74 Å². The van der Waals surface area contributed by atoms with E-state index in [1.54, 1.807) is 29.2 Å². The summed E-state index contributed by atoms with van der Waals surface area (Å²) in [6, 6.07) is 14.3. The molecule has 2 aromatic carbocycles. The number of anilines is 1. The summed E-state index contributed by atoms with van der Waals surface area (Å²) in [4.78, 5) is 45.8. The fraction of sp³-hybridized carbons (Fsp3) is 0.273. The lowest BCUT2D eigenvalue weighted by molar-refractivity contribution is -0.119. The normalized spacial score (nSPS) is 18.3. The van der Waals surface area contributed by atoms with Gasteiger partial charge in [-0.15, -0.1) is 0 Å². The van der Waals surface area contributed by atoms with Crippen LogP contribution in [0.4, 0.5) is 5.13 Å². The Labute approximate surface area is 176 Å². The summed E-state index contributed by atoms with van der Waals surface area (Å²) in [5, 5.41) is 0.549. The molecule has 7 nitrogen and oxygen atoms in total. The third kappa shape index (κ3) is 3.28. The maximum Gasteiger partial charge on any atom is 0.262 e. The lowest BCUT2D eigenvalue weighted by atomic mass is 10.1. The van der Waals surface area contributed by atoms with E-state index in [1.807, 2.05) is 24.3 Å². The number of carbonyl (C=O) groups excluding carboxylic acids is 3. The highest BCUT2D eigenvalue weighted by molar-refractivity contribution is 7.22. The number of aromatic nitrogens is 1. The quantitative estimate of drug-likeness (QED) is 0.592. The molecule has 3 aromatic rings. The molecule has 5 rings (SSSR count).